The first-order chi connectivity index (χ1) is 65.0. The zero-order valence-corrected chi connectivity index (χ0v) is 83.7. The molecule has 8 amide bonds. The molecule has 8 aromatic rings. The minimum absolute atomic E-state index is 0.0887. The number of carbonyl (C=O) groups is 8. The second-order valence-electron chi connectivity index (χ2n) is 39.1. The third-order valence-electron chi connectivity index (χ3n) is 27.4. The summed E-state index contributed by atoms with van der Waals surface area (Å²) in [5.74, 6) is 1.81. The molecule has 0 radical (unpaired) electrons. The summed E-state index contributed by atoms with van der Waals surface area (Å²) in [4.78, 5) is 153. The molecule has 8 aromatic heterocycles. The number of hydrogen-bond acceptors (Lipinski definition) is 30. The lowest BCUT2D eigenvalue weighted by Gasteiger charge is -2.22. The Hall–Kier alpha value is -10.2. The van der Waals surface area contributed by atoms with Gasteiger partial charge in [0, 0.05) is 127 Å². The lowest BCUT2D eigenvalue weighted by molar-refractivity contribution is 0.0692. The van der Waals surface area contributed by atoms with Crippen LogP contribution in [0.4, 0.5) is 23.3 Å². The smallest absolute Gasteiger partial charge is 0.280 e. The highest BCUT2D eigenvalue weighted by atomic mass is 32.1. The van der Waals surface area contributed by atoms with E-state index in [1.807, 2.05) is 99.3 Å². The van der Waals surface area contributed by atoms with Crippen LogP contribution in [-0.2, 0) is 9.47 Å². The lowest BCUT2D eigenvalue weighted by atomic mass is 10.0. The molecule has 8 saturated heterocycles. The van der Waals surface area contributed by atoms with E-state index in [-0.39, 0.29) is 142 Å². The summed E-state index contributed by atoms with van der Waals surface area (Å²) in [7, 11) is 0. The van der Waals surface area contributed by atoms with Crippen molar-refractivity contribution in [3.05, 3.63) is 114 Å². The fraction of sp³-hybridized carbons (Fsp3) is 0.592. The fourth-order valence-electron chi connectivity index (χ4n) is 19.0. The van der Waals surface area contributed by atoms with Crippen LogP contribution in [0.3, 0.4) is 0 Å². The standard InChI is InChI=1S/C27H37N5O3S.C25H33N5O4S.C24H33N5O4S.C22H29N5O3S/c1-5-20(16-6-7-16)30-21-12-15(2)19(13-28-21)23-22(26(34)32-17-8-9-18(32)11-10-17)31-25(36-23)24(33)29-14-27(3,4)35;1-4-14(3)27-20-9-13(2)17(10-26-20)22-21(25(33)30-15-5-6-16(30)8-7-15)29-24(35-22)23(32)28-18-11-34-12-19(18)31;1-5-14(3)26-19-9-13(2)16(10-25-19)21-20(24(32)29-8-6-7-15(29)4)28-23(34-21)22(31)27-17-11-33-12-18(17)30;1-11(2)24-17-8-12(3)14(10-23-17)19-18(22(30)27-7-5-6-13(27)4)26-21(31-19)20(29)25-15-9-16(15)28/h12-13,16-18,20,35H,5-11,14H2,1-4H3,(H,28,30)(H,29,33);9-10,14-16,18-19,31H,4-8,11-12H2,1-3H3,(H,26,27)(H,28,32);9-10,14-15,17-18,30H,5-8,11-12H2,1-4H3,(H,25,26)(H,27,31);8,10-11,13,15-16,28H,5-7,9H2,1-4H3,(H,23,24)(H,25,29)/t17?,18?,20-;14-,15?,16?,18+,19+;14-,15+,17-,18+;13-,15+,16+/m0110/s1. The Morgan fingerprint density at radius 1 is 0.434 bits per heavy atom. The fourth-order valence-corrected chi connectivity index (χ4v) is 23.1. The molecule has 11 atom stereocenters. The van der Waals surface area contributed by atoms with Gasteiger partial charge in [-0.05, 0) is 251 Å². The van der Waals surface area contributed by atoms with Gasteiger partial charge in [-0.1, -0.05) is 20.8 Å². The van der Waals surface area contributed by atoms with Gasteiger partial charge in [-0.2, -0.15) is 0 Å². The Morgan fingerprint density at radius 3 is 1.04 bits per heavy atom. The van der Waals surface area contributed by atoms with Gasteiger partial charge < -0.3 is 92.0 Å². The van der Waals surface area contributed by atoms with Gasteiger partial charge in [0.15, 0.2) is 20.0 Å². The second-order valence-corrected chi connectivity index (χ2v) is 43.1. The van der Waals surface area contributed by atoms with Crippen LogP contribution in [0.1, 0.15) is 295 Å². The second kappa shape index (κ2) is 43.5. The average molecular weight is 1940 g/mol. The van der Waals surface area contributed by atoms with Crippen molar-refractivity contribution >= 4 is 116 Å². The minimum Gasteiger partial charge on any atom is -0.391 e. The number of aliphatic hydroxyl groups is 4. The van der Waals surface area contributed by atoms with Gasteiger partial charge in [0.2, 0.25) is 0 Å². The number of amides is 8. The summed E-state index contributed by atoms with van der Waals surface area (Å²) in [5, 5.41) is 65.2. The van der Waals surface area contributed by atoms with Crippen molar-refractivity contribution < 1.29 is 68.3 Å². The van der Waals surface area contributed by atoms with E-state index in [1.54, 1.807) is 38.6 Å². The highest BCUT2D eigenvalue weighted by Gasteiger charge is 2.48. The van der Waals surface area contributed by atoms with Crippen molar-refractivity contribution in [3.8, 4) is 41.8 Å². The van der Waals surface area contributed by atoms with Crippen molar-refractivity contribution in [1.82, 2.24) is 80.7 Å². The number of carbonyl (C=O) groups excluding carboxylic acids is 8. The maximum atomic E-state index is 13.8. The molecule has 38 heteroatoms. The van der Waals surface area contributed by atoms with Crippen LogP contribution >= 0.6 is 45.3 Å². The third-order valence-corrected chi connectivity index (χ3v) is 31.8. The molecule has 16 heterocycles. The Bertz CT molecular complexity index is 5650. The van der Waals surface area contributed by atoms with E-state index in [4.69, 9.17) is 9.47 Å². The summed E-state index contributed by atoms with van der Waals surface area (Å²) >= 11 is 4.80. The number of likely N-dealkylation sites (tertiary alicyclic amines) is 2. The molecule has 8 aliphatic heterocycles. The number of aromatic nitrogens is 8. The predicted octanol–water partition coefficient (Wildman–Crippen LogP) is 13.0. The molecule has 4 bridgehead atoms. The Kier molecular flexibility index (Phi) is 32.1. The zero-order chi connectivity index (χ0) is 97.0. The molecule has 10 fully saturated rings. The average Bonchev–Trinajstić information content (AvgIpc) is 1.61. The van der Waals surface area contributed by atoms with Crippen molar-refractivity contribution in [2.75, 3.05) is 67.3 Å². The summed E-state index contributed by atoms with van der Waals surface area (Å²) in [6.07, 6.45) is 23.2. The van der Waals surface area contributed by atoms with E-state index in [9.17, 15) is 58.8 Å². The van der Waals surface area contributed by atoms with Crippen molar-refractivity contribution in [1.29, 1.82) is 0 Å². The van der Waals surface area contributed by atoms with Gasteiger partial charge >= 0.3 is 0 Å². The van der Waals surface area contributed by atoms with Crippen LogP contribution < -0.4 is 42.5 Å². The van der Waals surface area contributed by atoms with Crippen molar-refractivity contribution in [2.24, 2.45) is 5.92 Å². The summed E-state index contributed by atoms with van der Waals surface area (Å²) in [6.45, 7) is 32.3. The van der Waals surface area contributed by atoms with Gasteiger partial charge in [0.25, 0.3) is 47.3 Å². The van der Waals surface area contributed by atoms with Gasteiger partial charge in [-0.25, -0.2) is 39.9 Å². The number of fused-ring (bicyclic) bond motifs is 4. The largest absolute Gasteiger partial charge is 0.391 e. The topological polar surface area (TPSA) is 448 Å². The minimum atomic E-state index is -1.04. The number of ether oxygens (including phenoxy) is 2. The summed E-state index contributed by atoms with van der Waals surface area (Å²) < 4.78 is 10.5. The first kappa shape index (κ1) is 100. The molecule has 10 aliphatic rings. The molecule has 136 heavy (non-hydrogen) atoms. The number of hydrogen-bond donors (Lipinski definition) is 12. The number of anilines is 4. The van der Waals surface area contributed by atoms with Crippen molar-refractivity contribution in [2.45, 2.75) is 322 Å². The quantitative estimate of drug-likeness (QED) is 0.0207. The Balaban J connectivity index is 0.000000138. The number of nitrogens with zero attached hydrogens (tertiary/aromatic N) is 12. The predicted molar refractivity (Wildman–Crippen MR) is 527 cm³/mol. The van der Waals surface area contributed by atoms with E-state index in [0.29, 0.717) is 74.2 Å². The molecule has 2 aliphatic carbocycles. The lowest BCUT2D eigenvalue weighted by Crippen LogP contribution is -2.42. The highest BCUT2D eigenvalue weighted by molar-refractivity contribution is 7.18. The monoisotopic (exact) mass is 1940 g/mol. The number of rotatable bonds is 29. The van der Waals surface area contributed by atoms with Crippen LogP contribution in [0.15, 0.2) is 49.1 Å². The van der Waals surface area contributed by atoms with Gasteiger partial charge in [-0.15, -0.1) is 45.3 Å². The first-order valence-electron chi connectivity index (χ1n) is 48.4. The van der Waals surface area contributed by atoms with Gasteiger partial charge in [-0.3, -0.25) is 38.4 Å². The molecule has 732 valence electrons. The van der Waals surface area contributed by atoms with Gasteiger partial charge in [0.1, 0.15) is 46.0 Å². The van der Waals surface area contributed by atoms with Crippen LogP contribution in [-0.4, -0.2) is 276 Å². The Labute approximate surface area is 810 Å². The van der Waals surface area contributed by atoms with Gasteiger partial charge in [0.05, 0.1) is 88.0 Å². The first-order valence-corrected chi connectivity index (χ1v) is 51.7. The molecule has 12 N–H and O–H groups in total. The zero-order valence-electron chi connectivity index (χ0n) is 80.5. The van der Waals surface area contributed by atoms with Crippen LogP contribution in [0.2, 0.25) is 0 Å². The molecule has 0 unspecified atom stereocenters. The van der Waals surface area contributed by atoms with Crippen LogP contribution in [0, 0.1) is 33.6 Å². The van der Waals surface area contributed by atoms with Crippen LogP contribution in [0.25, 0.3) is 41.8 Å². The van der Waals surface area contributed by atoms with E-state index in [2.05, 4.69) is 117 Å². The van der Waals surface area contributed by atoms with E-state index < -0.39 is 47.8 Å². The molecular weight excluding hydrogens is 1810 g/mol. The number of pyridine rings is 4. The number of thiazole rings is 4. The number of nitrogens with one attached hydrogen (secondary N) is 8. The molecule has 0 spiro atoms. The molecule has 18 rings (SSSR count). The Morgan fingerprint density at radius 2 is 0.757 bits per heavy atom. The maximum Gasteiger partial charge on any atom is 0.280 e. The maximum absolute atomic E-state index is 13.8. The van der Waals surface area contributed by atoms with Crippen LogP contribution in [0.5, 0.6) is 0 Å². The van der Waals surface area contributed by atoms with E-state index in [0.717, 1.165) is 170 Å². The number of aliphatic hydroxyl groups excluding tert-OH is 3. The summed E-state index contributed by atoms with van der Waals surface area (Å²) in [5.41, 5.74) is 7.25. The molecular formula is C98H132N20O14S4. The molecule has 34 nitrogen and oxygen atoms in total. The van der Waals surface area contributed by atoms with Crippen molar-refractivity contribution in [3.63, 3.8) is 0 Å². The molecule has 2 saturated carbocycles. The normalized spacial score (nSPS) is 23.6. The SMILES string of the molecule is CC[C@@H](C)Nc1cc(C)c(-c2sc(C(=O)N[C@@H]3COC[C@@H]3O)nc2C(=O)N2CCC[C@@H]2C)cn1.CC[C@@H](C)Nc1cc(C)c(-c2sc(C(=O)N[C@H]3COC[C@@H]3O)nc2C(=O)N2C3CCC2CC3)cn1.CC[C@H](Nc1cc(C)c(-c2sc(C(=O)NCC(C)(C)O)nc2C(=O)N2C3CCC2CC3)cn1)C1CC1.Cc1cc(NC(C)C)ncc1-c1sc(C(=O)N[C@@H]2C[C@H]2O)nc1C(=O)N1CCC[C@@H]1C. The molecule has 0 aromatic carbocycles. The van der Waals surface area contributed by atoms with E-state index >= 15 is 0 Å². The highest BCUT2D eigenvalue weighted by Crippen LogP contribution is 2.46. The summed E-state index contributed by atoms with van der Waals surface area (Å²) in [6, 6.07) is 9.29. The number of aryl methyl sites for hydroxylation is 4. The third kappa shape index (κ3) is 23.4. The van der Waals surface area contributed by atoms with E-state index in [1.165, 1.54) is 58.2 Å².